The van der Waals surface area contributed by atoms with Gasteiger partial charge in [0, 0.05) is 0 Å². The van der Waals surface area contributed by atoms with Gasteiger partial charge < -0.3 is 9.79 Å². The van der Waals surface area contributed by atoms with Gasteiger partial charge in [0.25, 0.3) is 10.1 Å². The Morgan fingerprint density at radius 1 is 0.906 bits per heavy atom. The number of benzene rings is 2. The third-order valence-electron chi connectivity index (χ3n) is 4.63. The van der Waals surface area contributed by atoms with Crippen molar-refractivity contribution >= 4 is 178 Å². The van der Waals surface area contributed by atoms with Crippen LogP contribution in [0.4, 0.5) is 0 Å². The van der Waals surface area contributed by atoms with E-state index in [1.54, 1.807) is 6.08 Å². The van der Waals surface area contributed by atoms with Crippen LogP contribution in [0.2, 0.25) is 0 Å². The Balaban J connectivity index is 0. The molecule has 0 fully saturated rings. The molecule has 2 aromatic rings. The first-order valence-corrected chi connectivity index (χ1v) is 12.7. The van der Waals surface area contributed by atoms with Crippen LogP contribution in [0.3, 0.4) is 0 Å². The molecule has 1 atom stereocenters. The van der Waals surface area contributed by atoms with Crippen LogP contribution < -0.4 is 0 Å². The first-order valence-electron chi connectivity index (χ1n) is 9.48. The van der Waals surface area contributed by atoms with E-state index in [2.05, 4.69) is 31.2 Å². The van der Waals surface area contributed by atoms with Crippen LogP contribution in [0.5, 0.6) is 0 Å². The topological polar surface area (TPSA) is 112 Å². The van der Waals surface area contributed by atoms with E-state index >= 15 is 0 Å². The van der Waals surface area contributed by atoms with E-state index in [-0.39, 0.29) is 154 Å². The van der Waals surface area contributed by atoms with E-state index in [4.69, 9.17) is 14.3 Å². The summed E-state index contributed by atoms with van der Waals surface area (Å²) in [4.78, 5) is 16.0. The number of hydrogen-bond donors (Lipinski definition) is 3. The van der Waals surface area contributed by atoms with Crippen LogP contribution >= 0.6 is 7.60 Å². The van der Waals surface area contributed by atoms with Crippen molar-refractivity contribution in [1.82, 2.24) is 0 Å². The minimum absolute atomic E-state index is 0. The van der Waals surface area contributed by atoms with Crippen molar-refractivity contribution in [2.45, 2.75) is 44.0 Å². The molecule has 3 N–H and O–H groups in total. The second kappa shape index (κ2) is 18.4. The van der Waals surface area contributed by atoms with E-state index in [0.29, 0.717) is 0 Å². The minimum atomic E-state index is -4.97. The number of rotatable bonds is 10. The molecule has 0 bridgehead atoms. The molecule has 0 aliphatic heterocycles. The molecule has 2 aromatic carbocycles. The van der Waals surface area contributed by atoms with Crippen molar-refractivity contribution in [2.75, 3.05) is 0 Å². The van der Waals surface area contributed by atoms with E-state index < -0.39 is 29.1 Å². The van der Waals surface area contributed by atoms with Gasteiger partial charge in [-0.15, -0.1) is 0 Å². The Morgan fingerprint density at radius 3 is 1.84 bits per heavy atom. The van der Waals surface area contributed by atoms with Crippen LogP contribution in [0, 0.1) is 0 Å². The fraction of sp³-hybridized carbons (Fsp3) is 0.333. The van der Waals surface area contributed by atoms with Gasteiger partial charge in [0.1, 0.15) is 0 Å². The summed E-state index contributed by atoms with van der Waals surface area (Å²) in [6.45, 7) is 2.19. The summed E-state index contributed by atoms with van der Waals surface area (Å²) in [6.07, 6.45) is 7.12. The molecule has 32 heavy (non-hydrogen) atoms. The Morgan fingerprint density at radius 2 is 1.41 bits per heavy atom. The number of aryl methyl sites for hydroxylation is 1. The Bertz CT molecular complexity index is 974. The van der Waals surface area contributed by atoms with Crippen molar-refractivity contribution in [3.8, 4) is 11.1 Å². The second-order valence-corrected chi connectivity index (χ2v) is 10.7. The summed E-state index contributed by atoms with van der Waals surface area (Å²) in [6, 6.07) is 16.0. The molecule has 0 aliphatic carbocycles. The standard InChI is InChI=1S/C21H27O6PS.3K.3H/c1-2-3-4-6-17-9-13-19(14-10-17)20-15-11-18(12-16-20)7-5-8-21(28(22,23)24)29(25,26)27;;;;;;/h5,7,9-16,21H,2-4,6,8H2,1H3,(H2,22,23,24)(H,25,26,27);;;;;;/b7-5+;;;;;;. The molecule has 0 spiro atoms. The van der Waals surface area contributed by atoms with Crippen molar-refractivity contribution < 1.29 is 27.3 Å². The summed E-state index contributed by atoms with van der Waals surface area (Å²) < 4.78 is 42.5. The van der Waals surface area contributed by atoms with Gasteiger partial charge in [0.05, 0.1) is 0 Å². The third kappa shape index (κ3) is 13.6. The van der Waals surface area contributed by atoms with Crippen LogP contribution in [-0.2, 0) is 21.1 Å². The molecule has 0 amide bonds. The van der Waals surface area contributed by atoms with Gasteiger partial charge in [-0.05, 0) is 41.5 Å². The average Bonchev–Trinajstić information content (AvgIpc) is 2.64. The molecule has 0 aliphatic rings. The Kier molecular flexibility index (Phi) is 21.5. The molecule has 164 valence electrons. The van der Waals surface area contributed by atoms with Gasteiger partial charge >= 0.3 is 162 Å². The molecular formula is C21H30K3O6PS. The van der Waals surface area contributed by atoms with E-state index in [1.165, 1.54) is 30.9 Å². The van der Waals surface area contributed by atoms with Crippen molar-refractivity contribution in [3.05, 3.63) is 65.7 Å². The number of allylic oxidation sites excluding steroid dienone is 1. The van der Waals surface area contributed by atoms with Crippen molar-refractivity contribution in [2.24, 2.45) is 0 Å². The van der Waals surface area contributed by atoms with Gasteiger partial charge in [-0.3, -0.25) is 9.12 Å². The quantitative estimate of drug-likeness (QED) is 0.179. The summed E-state index contributed by atoms with van der Waals surface area (Å²) >= 11 is 0. The zero-order valence-corrected chi connectivity index (χ0v) is 18.0. The Labute approximate surface area is 319 Å². The van der Waals surface area contributed by atoms with Crippen LogP contribution in [0.1, 0.15) is 43.7 Å². The van der Waals surface area contributed by atoms with Gasteiger partial charge in [-0.25, -0.2) is 0 Å². The van der Waals surface area contributed by atoms with Gasteiger partial charge in [0.15, 0.2) is 4.99 Å². The summed E-state index contributed by atoms with van der Waals surface area (Å²) in [5.41, 5.74) is 4.20. The van der Waals surface area contributed by atoms with E-state index in [9.17, 15) is 13.0 Å². The molecule has 0 heterocycles. The molecule has 0 saturated carbocycles. The molecule has 2 rings (SSSR count). The zero-order valence-electron chi connectivity index (χ0n) is 16.3. The van der Waals surface area contributed by atoms with Crippen molar-refractivity contribution in [3.63, 3.8) is 0 Å². The van der Waals surface area contributed by atoms with Crippen LogP contribution in [-0.4, -0.2) is 182 Å². The molecule has 6 nitrogen and oxygen atoms in total. The zero-order chi connectivity index (χ0) is 21.5. The molecule has 0 saturated heterocycles. The summed E-state index contributed by atoms with van der Waals surface area (Å²) in [7, 11) is -9.81. The maximum absolute atomic E-state index is 11.2. The Hall–Kier alpha value is 3.15. The molecule has 11 heteroatoms. The normalized spacial score (nSPS) is 12.4. The second-order valence-electron chi connectivity index (χ2n) is 6.97. The maximum atomic E-state index is 11.2. The fourth-order valence-electron chi connectivity index (χ4n) is 2.98. The monoisotopic (exact) mass is 558 g/mol. The first kappa shape index (κ1) is 37.3. The molecular weight excluding hydrogens is 529 g/mol. The molecule has 0 aromatic heterocycles. The number of unbranched alkanes of at least 4 members (excludes halogenated alkanes) is 2. The van der Waals surface area contributed by atoms with E-state index in [0.717, 1.165) is 23.1 Å². The van der Waals surface area contributed by atoms with Crippen molar-refractivity contribution in [1.29, 1.82) is 0 Å². The summed E-state index contributed by atoms with van der Waals surface area (Å²) in [5.74, 6) is 0. The number of hydrogen-bond acceptors (Lipinski definition) is 3. The predicted octanol–water partition coefficient (Wildman–Crippen LogP) is 2.94. The predicted molar refractivity (Wildman–Crippen MR) is 138 cm³/mol. The van der Waals surface area contributed by atoms with Gasteiger partial charge in [-0.1, -0.05) is 80.4 Å². The van der Waals surface area contributed by atoms with E-state index in [1.807, 2.05) is 24.3 Å². The first-order chi connectivity index (χ1) is 13.6. The van der Waals surface area contributed by atoms with Gasteiger partial charge in [-0.2, -0.15) is 8.42 Å². The van der Waals surface area contributed by atoms with Crippen LogP contribution in [0.15, 0.2) is 54.6 Å². The third-order valence-corrected chi connectivity index (χ3v) is 8.10. The summed E-state index contributed by atoms with van der Waals surface area (Å²) in [5, 5.41) is 0. The average molecular weight is 559 g/mol. The SMILES string of the molecule is CCCCCc1ccc(-c2ccc(/C=C/CC(P(=O)(O)O)S(=O)(=O)O)cc2)cc1.[KH].[KH].[KH]. The molecule has 1 unspecified atom stereocenters. The molecule has 0 radical (unpaired) electrons. The van der Waals surface area contributed by atoms with Gasteiger partial charge in [0.2, 0.25) is 0 Å². The fourth-order valence-corrected chi connectivity index (χ4v) is 5.12. The van der Waals surface area contributed by atoms with Crippen LogP contribution in [0.25, 0.3) is 17.2 Å².